The van der Waals surface area contributed by atoms with Gasteiger partial charge in [-0.05, 0) is 40.5 Å². The summed E-state index contributed by atoms with van der Waals surface area (Å²) >= 11 is 3.42. The molecule has 0 atom stereocenters. The molecule has 3 aromatic rings. The summed E-state index contributed by atoms with van der Waals surface area (Å²) in [5.41, 5.74) is 8.07. The highest BCUT2D eigenvalue weighted by Crippen LogP contribution is 2.31. The molecule has 0 saturated heterocycles. The van der Waals surface area contributed by atoms with Crippen LogP contribution in [0.25, 0.3) is 17.1 Å². The van der Waals surface area contributed by atoms with Crippen molar-refractivity contribution in [3.63, 3.8) is 0 Å². The zero-order valence-corrected chi connectivity index (χ0v) is 11.9. The minimum atomic E-state index is -0.601. The van der Waals surface area contributed by atoms with Gasteiger partial charge in [0.15, 0.2) is 5.76 Å². The Bertz CT molecular complexity index is 837. The molecule has 0 aliphatic carbocycles. The Balaban J connectivity index is 2.20. The van der Waals surface area contributed by atoms with Crippen molar-refractivity contribution < 1.29 is 9.34 Å². The number of nitro groups is 1. The number of nitrogen functional groups attached to an aromatic ring is 1. The van der Waals surface area contributed by atoms with Crippen LogP contribution in [-0.2, 0) is 0 Å². The lowest BCUT2D eigenvalue weighted by Crippen LogP contribution is -1.94. The molecule has 102 valence electrons. The van der Waals surface area contributed by atoms with Gasteiger partial charge in [0, 0.05) is 10.7 Å². The number of furan rings is 1. The molecule has 20 heavy (non-hydrogen) atoms. The van der Waals surface area contributed by atoms with Gasteiger partial charge in [0.05, 0.1) is 6.07 Å². The van der Waals surface area contributed by atoms with E-state index in [1.165, 1.54) is 12.1 Å². The predicted molar refractivity (Wildman–Crippen MR) is 76.4 cm³/mol. The van der Waals surface area contributed by atoms with Gasteiger partial charge in [-0.25, -0.2) is 4.98 Å². The molecule has 0 fully saturated rings. The normalized spacial score (nSPS) is 11.1. The van der Waals surface area contributed by atoms with Gasteiger partial charge >= 0.3 is 5.88 Å². The number of hydrogen-bond acceptors (Lipinski definition) is 5. The summed E-state index contributed by atoms with van der Waals surface area (Å²) in [6.45, 7) is 1.94. The molecular formula is C12H9BrN4O3. The van der Waals surface area contributed by atoms with Gasteiger partial charge in [0.25, 0.3) is 0 Å². The van der Waals surface area contributed by atoms with E-state index in [1.807, 2.05) is 13.0 Å². The maximum atomic E-state index is 10.6. The van der Waals surface area contributed by atoms with Gasteiger partial charge in [-0.1, -0.05) is 0 Å². The third kappa shape index (κ3) is 1.85. The Hall–Kier alpha value is -2.35. The van der Waals surface area contributed by atoms with Crippen molar-refractivity contribution >= 4 is 33.3 Å². The first-order chi connectivity index (χ1) is 9.47. The number of pyridine rings is 1. The molecule has 3 rings (SSSR count). The smallest absolute Gasteiger partial charge is 0.399 e. The number of imidazole rings is 1. The van der Waals surface area contributed by atoms with Crippen LogP contribution < -0.4 is 5.73 Å². The average Bonchev–Trinajstić information content (AvgIpc) is 2.97. The van der Waals surface area contributed by atoms with Crippen molar-refractivity contribution in [3.05, 3.63) is 44.5 Å². The number of aryl methyl sites for hydroxylation is 1. The second kappa shape index (κ2) is 4.34. The van der Waals surface area contributed by atoms with E-state index in [0.29, 0.717) is 17.2 Å². The lowest BCUT2D eigenvalue weighted by molar-refractivity contribution is -0.401. The Morgan fingerprint density at radius 1 is 1.50 bits per heavy atom. The summed E-state index contributed by atoms with van der Waals surface area (Å²) in [5.74, 6) is 0.297. The average molecular weight is 337 g/mol. The Morgan fingerprint density at radius 2 is 2.25 bits per heavy atom. The third-order valence-corrected chi connectivity index (χ3v) is 3.78. The van der Waals surface area contributed by atoms with Crippen molar-refractivity contribution in [2.45, 2.75) is 6.92 Å². The number of nitrogens with zero attached hydrogens (tertiary/aromatic N) is 3. The van der Waals surface area contributed by atoms with Gasteiger partial charge in [0.1, 0.15) is 22.1 Å². The molecule has 8 heteroatoms. The molecule has 0 spiro atoms. The van der Waals surface area contributed by atoms with Crippen LogP contribution in [0.15, 0.2) is 33.3 Å². The van der Waals surface area contributed by atoms with Crippen LogP contribution in [0.4, 0.5) is 11.7 Å². The molecule has 0 unspecified atom stereocenters. The van der Waals surface area contributed by atoms with E-state index in [4.69, 9.17) is 10.2 Å². The quantitative estimate of drug-likeness (QED) is 0.572. The summed E-state index contributed by atoms with van der Waals surface area (Å²) in [5, 5.41) is 10.6. The topological polar surface area (TPSA) is 99.6 Å². The molecule has 0 aliphatic heterocycles. The number of anilines is 1. The molecule has 3 aromatic heterocycles. The first-order valence-electron chi connectivity index (χ1n) is 5.65. The maximum Gasteiger partial charge on any atom is 0.433 e. The number of halogens is 1. The molecule has 0 radical (unpaired) electrons. The highest BCUT2D eigenvalue weighted by molar-refractivity contribution is 9.10. The van der Waals surface area contributed by atoms with Crippen LogP contribution in [0.2, 0.25) is 0 Å². The van der Waals surface area contributed by atoms with Gasteiger partial charge in [-0.3, -0.25) is 14.5 Å². The number of rotatable bonds is 2. The third-order valence-electron chi connectivity index (χ3n) is 2.95. The van der Waals surface area contributed by atoms with E-state index in [1.54, 1.807) is 10.6 Å². The maximum absolute atomic E-state index is 10.6. The Morgan fingerprint density at radius 3 is 2.90 bits per heavy atom. The zero-order valence-electron chi connectivity index (χ0n) is 10.3. The van der Waals surface area contributed by atoms with Crippen LogP contribution >= 0.6 is 15.9 Å². The molecule has 0 aliphatic rings. The Kier molecular flexibility index (Phi) is 2.75. The van der Waals surface area contributed by atoms with Gasteiger partial charge < -0.3 is 10.2 Å². The largest absolute Gasteiger partial charge is 0.433 e. The number of hydrogen-bond donors (Lipinski definition) is 1. The highest BCUT2D eigenvalue weighted by atomic mass is 79.9. The highest BCUT2D eigenvalue weighted by Gasteiger charge is 2.19. The first-order valence-corrected chi connectivity index (χ1v) is 6.45. The lowest BCUT2D eigenvalue weighted by atomic mass is 10.3. The fourth-order valence-electron chi connectivity index (χ4n) is 1.91. The van der Waals surface area contributed by atoms with Crippen molar-refractivity contribution in [2.75, 3.05) is 5.73 Å². The molecule has 0 amide bonds. The summed E-state index contributed by atoms with van der Waals surface area (Å²) in [7, 11) is 0. The van der Waals surface area contributed by atoms with E-state index in [0.717, 1.165) is 10.0 Å². The van der Waals surface area contributed by atoms with E-state index >= 15 is 0 Å². The molecular weight excluding hydrogens is 328 g/mol. The van der Waals surface area contributed by atoms with Crippen LogP contribution in [-0.4, -0.2) is 14.3 Å². The van der Waals surface area contributed by atoms with E-state index in [9.17, 15) is 10.1 Å². The van der Waals surface area contributed by atoms with Crippen LogP contribution in [0, 0.1) is 17.0 Å². The minimum Gasteiger partial charge on any atom is -0.399 e. The molecule has 7 nitrogen and oxygen atoms in total. The van der Waals surface area contributed by atoms with Crippen molar-refractivity contribution in [1.82, 2.24) is 9.38 Å². The number of fused-ring (bicyclic) bond motifs is 1. The monoisotopic (exact) mass is 336 g/mol. The molecule has 0 aromatic carbocycles. The summed E-state index contributed by atoms with van der Waals surface area (Å²) in [6, 6.07) is 4.62. The molecule has 0 saturated carbocycles. The van der Waals surface area contributed by atoms with Gasteiger partial charge in [-0.2, -0.15) is 0 Å². The Labute approximate surface area is 121 Å². The predicted octanol–water partition coefficient (Wildman–Crippen LogP) is 3.16. The SMILES string of the molecule is Cc1cc2nc(-c3ccc([N+](=O)[O-])o3)c(N)n2cc1Br. The van der Waals surface area contributed by atoms with E-state index in [2.05, 4.69) is 20.9 Å². The fraction of sp³-hybridized carbons (Fsp3) is 0.0833. The summed E-state index contributed by atoms with van der Waals surface area (Å²) in [6.07, 6.45) is 1.80. The second-order valence-corrected chi connectivity index (χ2v) is 5.13. The van der Waals surface area contributed by atoms with Crippen LogP contribution in [0.1, 0.15) is 5.56 Å². The van der Waals surface area contributed by atoms with Crippen LogP contribution in [0.5, 0.6) is 0 Å². The molecule has 3 heterocycles. The summed E-state index contributed by atoms with van der Waals surface area (Å²) in [4.78, 5) is 14.4. The number of aromatic nitrogens is 2. The van der Waals surface area contributed by atoms with E-state index < -0.39 is 4.92 Å². The standard InChI is InChI=1S/C12H9BrN4O3/c1-6-4-9-15-11(12(14)16(9)5-7(6)13)8-2-3-10(20-8)17(18)19/h2-5H,14H2,1H3. The zero-order chi connectivity index (χ0) is 14.4. The molecule has 0 bridgehead atoms. The van der Waals surface area contributed by atoms with Crippen molar-refractivity contribution in [2.24, 2.45) is 0 Å². The lowest BCUT2D eigenvalue weighted by Gasteiger charge is -2.00. The van der Waals surface area contributed by atoms with Crippen molar-refractivity contribution in [1.29, 1.82) is 0 Å². The fourth-order valence-corrected chi connectivity index (χ4v) is 2.23. The molecule has 2 N–H and O–H groups in total. The summed E-state index contributed by atoms with van der Waals surface area (Å²) < 4.78 is 7.73. The second-order valence-electron chi connectivity index (χ2n) is 4.27. The van der Waals surface area contributed by atoms with Gasteiger partial charge in [-0.15, -0.1) is 0 Å². The first kappa shape index (κ1) is 12.7. The van der Waals surface area contributed by atoms with Crippen LogP contribution in [0.3, 0.4) is 0 Å². The minimum absolute atomic E-state index is 0.270. The van der Waals surface area contributed by atoms with Gasteiger partial charge in [0.2, 0.25) is 0 Å². The van der Waals surface area contributed by atoms with E-state index in [-0.39, 0.29) is 11.6 Å². The number of nitrogens with two attached hydrogens (primary N) is 1. The van der Waals surface area contributed by atoms with Crippen molar-refractivity contribution in [3.8, 4) is 11.5 Å².